The summed E-state index contributed by atoms with van der Waals surface area (Å²) in [4.78, 5) is 0. The van der Waals surface area contributed by atoms with Crippen LogP contribution in [-0.4, -0.2) is 11.2 Å². The molecule has 0 aromatic heterocycles. The first kappa shape index (κ1) is 12.8. The maximum absolute atomic E-state index is 6.21. The average molecular weight is 210 g/mol. The van der Waals surface area contributed by atoms with Crippen molar-refractivity contribution in [3.63, 3.8) is 0 Å². The molecule has 0 spiro atoms. The molecule has 1 atom stereocenters. The van der Waals surface area contributed by atoms with E-state index < -0.39 is 0 Å². The SMILES string of the molecule is CC1=CCCC(C)(OC(C)(C)C)CCC1. The minimum atomic E-state index is -0.0211. The van der Waals surface area contributed by atoms with Crippen LogP contribution in [0.15, 0.2) is 11.6 Å². The van der Waals surface area contributed by atoms with Gasteiger partial charge in [0.05, 0.1) is 11.2 Å². The first-order valence-corrected chi connectivity index (χ1v) is 6.17. The zero-order chi connectivity index (χ0) is 11.5. The van der Waals surface area contributed by atoms with Crippen molar-refractivity contribution in [2.24, 2.45) is 0 Å². The fourth-order valence-corrected chi connectivity index (χ4v) is 2.43. The summed E-state index contributed by atoms with van der Waals surface area (Å²) in [5.74, 6) is 0. The molecule has 88 valence electrons. The highest BCUT2D eigenvalue weighted by molar-refractivity contribution is 5.01. The van der Waals surface area contributed by atoms with Crippen molar-refractivity contribution in [2.75, 3.05) is 0 Å². The predicted octanol–water partition coefficient (Wildman–Crippen LogP) is 4.47. The summed E-state index contributed by atoms with van der Waals surface area (Å²) in [6, 6.07) is 0. The smallest absolute Gasteiger partial charge is 0.0664 e. The predicted molar refractivity (Wildman–Crippen MR) is 66.1 cm³/mol. The Balaban J connectivity index is 2.61. The summed E-state index contributed by atoms with van der Waals surface area (Å²) in [5, 5.41) is 0. The van der Waals surface area contributed by atoms with Gasteiger partial charge in [-0.2, -0.15) is 0 Å². The summed E-state index contributed by atoms with van der Waals surface area (Å²) in [5.41, 5.74) is 1.61. The first-order chi connectivity index (χ1) is 6.81. The third-order valence-corrected chi connectivity index (χ3v) is 3.00. The van der Waals surface area contributed by atoms with Gasteiger partial charge in [0, 0.05) is 0 Å². The van der Waals surface area contributed by atoms with E-state index in [0.717, 1.165) is 6.42 Å². The Morgan fingerprint density at radius 2 is 1.93 bits per heavy atom. The molecule has 0 aromatic rings. The zero-order valence-corrected chi connectivity index (χ0v) is 11.0. The molecule has 0 aliphatic heterocycles. The Bertz CT molecular complexity index is 234. The molecule has 1 aliphatic rings. The molecular weight excluding hydrogens is 184 g/mol. The number of hydrogen-bond acceptors (Lipinski definition) is 1. The third kappa shape index (κ3) is 4.83. The van der Waals surface area contributed by atoms with Crippen LogP contribution in [0.2, 0.25) is 0 Å². The van der Waals surface area contributed by atoms with Gasteiger partial charge in [-0.1, -0.05) is 11.6 Å². The standard InChI is InChI=1S/C14H26O/c1-12-8-6-10-14(5,11-7-9-12)15-13(2,3)4/h8H,6-7,9-11H2,1-5H3. The van der Waals surface area contributed by atoms with Gasteiger partial charge in [-0.05, 0) is 66.7 Å². The topological polar surface area (TPSA) is 9.23 Å². The Kier molecular flexibility index (Phi) is 3.99. The monoisotopic (exact) mass is 210 g/mol. The van der Waals surface area contributed by atoms with E-state index in [0.29, 0.717) is 0 Å². The van der Waals surface area contributed by atoms with E-state index in [4.69, 9.17) is 4.74 Å². The Hall–Kier alpha value is -0.300. The molecule has 1 heteroatoms. The molecule has 0 N–H and O–H groups in total. The van der Waals surface area contributed by atoms with Crippen molar-refractivity contribution in [2.45, 2.75) is 77.9 Å². The lowest BCUT2D eigenvalue weighted by Crippen LogP contribution is -2.37. The van der Waals surface area contributed by atoms with Gasteiger partial charge in [0.25, 0.3) is 0 Å². The molecule has 0 radical (unpaired) electrons. The van der Waals surface area contributed by atoms with Gasteiger partial charge < -0.3 is 4.74 Å². The van der Waals surface area contributed by atoms with Crippen molar-refractivity contribution in [3.05, 3.63) is 11.6 Å². The number of rotatable bonds is 1. The van der Waals surface area contributed by atoms with E-state index in [-0.39, 0.29) is 11.2 Å². The average Bonchev–Trinajstić information content (AvgIpc) is 1.97. The molecule has 0 saturated heterocycles. The number of ether oxygens (including phenoxy) is 1. The first-order valence-electron chi connectivity index (χ1n) is 6.17. The van der Waals surface area contributed by atoms with Gasteiger partial charge in [-0.25, -0.2) is 0 Å². The van der Waals surface area contributed by atoms with Crippen molar-refractivity contribution < 1.29 is 4.74 Å². The van der Waals surface area contributed by atoms with Gasteiger partial charge in [0.2, 0.25) is 0 Å². The molecule has 0 aromatic carbocycles. The summed E-state index contributed by atoms with van der Waals surface area (Å²) < 4.78 is 6.21. The van der Waals surface area contributed by atoms with Crippen LogP contribution in [-0.2, 0) is 4.74 Å². The minimum Gasteiger partial charge on any atom is -0.370 e. The lowest BCUT2D eigenvalue weighted by atomic mass is 9.88. The molecule has 0 fully saturated rings. The van der Waals surface area contributed by atoms with Crippen molar-refractivity contribution in [1.29, 1.82) is 0 Å². The highest BCUT2D eigenvalue weighted by Crippen LogP contribution is 2.32. The highest BCUT2D eigenvalue weighted by Gasteiger charge is 2.30. The van der Waals surface area contributed by atoms with E-state index in [2.05, 4.69) is 40.7 Å². The Morgan fingerprint density at radius 3 is 2.53 bits per heavy atom. The van der Waals surface area contributed by atoms with Gasteiger partial charge in [0.1, 0.15) is 0 Å². The van der Waals surface area contributed by atoms with E-state index in [1.54, 1.807) is 5.57 Å². The molecule has 0 saturated carbocycles. The molecule has 0 amide bonds. The molecule has 1 aliphatic carbocycles. The van der Waals surface area contributed by atoms with Crippen LogP contribution in [0.25, 0.3) is 0 Å². The lowest BCUT2D eigenvalue weighted by molar-refractivity contribution is -0.130. The normalized spacial score (nSPS) is 29.3. The molecule has 1 rings (SSSR count). The molecule has 0 bridgehead atoms. The summed E-state index contributed by atoms with van der Waals surface area (Å²) in [6.45, 7) is 11.0. The molecule has 15 heavy (non-hydrogen) atoms. The Morgan fingerprint density at radius 1 is 1.27 bits per heavy atom. The second kappa shape index (κ2) is 4.69. The summed E-state index contributed by atoms with van der Waals surface area (Å²) in [6.07, 6.45) is 8.39. The van der Waals surface area contributed by atoms with Crippen LogP contribution in [0.3, 0.4) is 0 Å². The van der Waals surface area contributed by atoms with Crippen LogP contribution in [0.4, 0.5) is 0 Å². The van der Waals surface area contributed by atoms with Gasteiger partial charge in [-0.3, -0.25) is 0 Å². The molecule has 1 nitrogen and oxygen atoms in total. The number of hydrogen-bond donors (Lipinski definition) is 0. The molecule has 1 unspecified atom stereocenters. The molecular formula is C14H26O. The van der Waals surface area contributed by atoms with Gasteiger partial charge in [0.15, 0.2) is 0 Å². The summed E-state index contributed by atoms with van der Waals surface area (Å²) >= 11 is 0. The van der Waals surface area contributed by atoms with Crippen LogP contribution in [0.5, 0.6) is 0 Å². The van der Waals surface area contributed by atoms with E-state index in [1.165, 1.54) is 25.7 Å². The third-order valence-electron chi connectivity index (χ3n) is 3.00. The fraction of sp³-hybridized carbons (Fsp3) is 0.857. The van der Waals surface area contributed by atoms with Crippen molar-refractivity contribution in [3.8, 4) is 0 Å². The highest BCUT2D eigenvalue weighted by atomic mass is 16.5. The fourth-order valence-electron chi connectivity index (χ4n) is 2.43. The quantitative estimate of drug-likeness (QED) is 0.580. The van der Waals surface area contributed by atoms with E-state index in [1.807, 2.05) is 0 Å². The Labute approximate surface area is 94.9 Å². The maximum Gasteiger partial charge on any atom is 0.0664 e. The molecule has 0 heterocycles. The maximum atomic E-state index is 6.21. The summed E-state index contributed by atoms with van der Waals surface area (Å²) in [7, 11) is 0. The van der Waals surface area contributed by atoms with Crippen molar-refractivity contribution >= 4 is 0 Å². The largest absolute Gasteiger partial charge is 0.370 e. The van der Waals surface area contributed by atoms with Crippen LogP contribution in [0, 0.1) is 0 Å². The van der Waals surface area contributed by atoms with Gasteiger partial charge >= 0.3 is 0 Å². The zero-order valence-electron chi connectivity index (χ0n) is 11.0. The van der Waals surface area contributed by atoms with Gasteiger partial charge in [-0.15, -0.1) is 0 Å². The van der Waals surface area contributed by atoms with Crippen LogP contribution < -0.4 is 0 Å². The second-order valence-electron chi connectivity index (χ2n) is 6.11. The second-order valence-corrected chi connectivity index (χ2v) is 6.11. The van der Waals surface area contributed by atoms with E-state index >= 15 is 0 Å². The van der Waals surface area contributed by atoms with Crippen LogP contribution >= 0.6 is 0 Å². The van der Waals surface area contributed by atoms with Crippen LogP contribution in [0.1, 0.15) is 66.7 Å². The minimum absolute atomic E-state index is 0.0211. The lowest BCUT2D eigenvalue weighted by Gasteiger charge is -2.37. The van der Waals surface area contributed by atoms with E-state index in [9.17, 15) is 0 Å². The van der Waals surface area contributed by atoms with Crippen molar-refractivity contribution in [1.82, 2.24) is 0 Å². The number of allylic oxidation sites excluding steroid dienone is 2.